The minimum absolute atomic E-state index is 0.216. The second-order valence-corrected chi connectivity index (χ2v) is 8.43. The van der Waals surface area contributed by atoms with Crippen molar-refractivity contribution in [3.05, 3.63) is 117 Å². The molecule has 40 heavy (non-hydrogen) atoms. The summed E-state index contributed by atoms with van der Waals surface area (Å²) in [7, 11) is 1.51. The molecule has 204 valence electrons. The van der Waals surface area contributed by atoms with Gasteiger partial charge in [-0.1, -0.05) is 46.6 Å². The summed E-state index contributed by atoms with van der Waals surface area (Å²) in [5.74, 6) is -0.509. The molecule has 5 atom stereocenters. The molecule has 0 saturated carbocycles. The van der Waals surface area contributed by atoms with E-state index >= 15 is 0 Å². The van der Waals surface area contributed by atoms with Crippen molar-refractivity contribution in [2.24, 2.45) is 10.2 Å². The van der Waals surface area contributed by atoms with Crippen LogP contribution in [0.2, 0.25) is 0 Å². The zero-order valence-corrected chi connectivity index (χ0v) is 21.2. The lowest BCUT2D eigenvalue weighted by Crippen LogP contribution is -2.60. The van der Waals surface area contributed by atoms with Gasteiger partial charge in [0.2, 0.25) is 6.29 Å². The highest BCUT2D eigenvalue weighted by Crippen LogP contribution is 2.32. The zero-order valence-electron chi connectivity index (χ0n) is 21.2. The van der Waals surface area contributed by atoms with Gasteiger partial charge in [-0.05, 0) is 59.6 Å². The van der Waals surface area contributed by atoms with Crippen molar-refractivity contribution in [1.82, 2.24) is 0 Å². The van der Waals surface area contributed by atoms with Gasteiger partial charge >= 0.3 is 11.9 Å². The molecule has 13 heteroatoms. The second kappa shape index (κ2) is 13.5. The second-order valence-electron chi connectivity index (χ2n) is 8.43. The van der Waals surface area contributed by atoms with Gasteiger partial charge < -0.3 is 23.7 Å². The Bertz CT molecular complexity index is 1390. The molecule has 13 nitrogen and oxygen atoms in total. The van der Waals surface area contributed by atoms with Gasteiger partial charge in [-0.3, -0.25) is 0 Å². The largest absolute Gasteiger partial charge is 0.497 e. The summed E-state index contributed by atoms with van der Waals surface area (Å²) in [6, 6.07) is 20.3. The lowest BCUT2D eigenvalue weighted by Gasteiger charge is -2.42. The van der Waals surface area contributed by atoms with Gasteiger partial charge in [-0.15, -0.1) is 0 Å². The average Bonchev–Trinajstić information content (AvgIpc) is 3.00. The third kappa shape index (κ3) is 6.80. The van der Waals surface area contributed by atoms with E-state index < -0.39 is 42.5 Å². The summed E-state index contributed by atoms with van der Waals surface area (Å²) in [5, 5.41) is 7.54. The quantitative estimate of drug-likeness (QED) is 0.145. The molecule has 0 aliphatic carbocycles. The predicted octanol–water partition coefficient (Wildman–Crippen LogP) is 5.24. The number of rotatable bonds is 10. The van der Waals surface area contributed by atoms with E-state index in [1.54, 1.807) is 72.8 Å². The molecule has 0 spiro atoms. The van der Waals surface area contributed by atoms with Crippen molar-refractivity contribution in [1.29, 1.82) is 0 Å². The van der Waals surface area contributed by atoms with Crippen LogP contribution in [0.1, 0.15) is 20.7 Å². The molecule has 0 N–H and O–H groups in total. The predicted molar refractivity (Wildman–Crippen MR) is 141 cm³/mol. The fourth-order valence-corrected chi connectivity index (χ4v) is 4.03. The van der Waals surface area contributed by atoms with E-state index in [1.807, 2.05) is 0 Å². The molecular weight excluding hydrogens is 520 g/mol. The van der Waals surface area contributed by atoms with Crippen molar-refractivity contribution in [3.63, 3.8) is 0 Å². The number of hydrogen-bond acceptors (Lipinski definition) is 9. The Labute approximate surface area is 228 Å². The number of nitrogens with zero attached hydrogens (tertiary/aromatic N) is 6. The number of hydrogen-bond donors (Lipinski definition) is 0. The van der Waals surface area contributed by atoms with Gasteiger partial charge in [0.25, 0.3) is 0 Å². The van der Waals surface area contributed by atoms with Crippen molar-refractivity contribution in [2.45, 2.75) is 30.6 Å². The lowest BCUT2D eigenvalue weighted by molar-refractivity contribution is -0.203. The molecule has 0 bridgehead atoms. The van der Waals surface area contributed by atoms with Crippen LogP contribution in [0.5, 0.6) is 11.5 Å². The maximum Gasteiger partial charge on any atom is 0.338 e. The first-order chi connectivity index (χ1) is 19.5. The molecular formula is C27H24N6O7. The van der Waals surface area contributed by atoms with Gasteiger partial charge in [0, 0.05) is 9.82 Å². The van der Waals surface area contributed by atoms with Gasteiger partial charge in [0.1, 0.15) is 42.4 Å². The summed E-state index contributed by atoms with van der Waals surface area (Å²) in [6.45, 7) is -0.387. The molecule has 1 saturated heterocycles. The Morgan fingerprint density at radius 3 is 1.93 bits per heavy atom. The first kappa shape index (κ1) is 27.8. The smallest absolute Gasteiger partial charge is 0.338 e. The van der Waals surface area contributed by atoms with Gasteiger partial charge in [-0.25, -0.2) is 9.59 Å². The number of azide groups is 2. The van der Waals surface area contributed by atoms with E-state index in [2.05, 4.69) is 20.1 Å². The summed E-state index contributed by atoms with van der Waals surface area (Å²) >= 11 is 0. The van der Waals surface area contributed by atoms with Crippen LogP contribution >= 0.6 is 0 Å². The van der Waals surface area contributed by atoms with Crippen LogP contribution in [-0.4, -0.2) is 56.2 Å². The van der Waals surface area contributed by atoms with Crippen LogP contribution in [-0.2, 0) is 14.2 Å². The van der Waals surface area contributed by atoms with Crippen LogP contribution in [0.4, 0.5) is 0 Å². The Balaban J connectivity index is 1.66. The van der Waals surface area contributed by atoms with E-state index in [-0.39, 0.29) is 12.2 Å². The van der Waals surface area contributed by atoms with Crippen molar-refractivity contribution in [2.75, 3.05) is 13.7 Å². The molecule has 1 aliphatic heterocycles. The Morgan fingerprint density at radius 1 is 0.800 bits per heavy atom. The monoisotopic (exact) mass is 544 g/mol. The summed E-state index contributed by atoms with van der Waals surface area (Å²) in [4.78, 5) is 31.4. The van der Waals surface area contributed by atoms with E-state index in [0.717, 1.165) is 0 Å². The molecule has 1 fully saturated rings. The van der Waals surface area contributed by atoms with E-state index in [9.17, 15) is 20.7 Å². The van der Waals surface area contributed by atoms with Crippen LogP contribution in [0.15, 0.2) is 95.2 Å². The highest BCUT2D eigenvalue weighted by molar-refractivity contribution is 5.90. The molecule has 1 heterocycles. The van der Waals surface area contributed by atoms with Crippen molar-refractivity contribution < 1.29 is 33.3 Å². The first-order valence-electron chi connectivity index (χ1n) is 12.1. The minimum Gasteiger partial charge on any atom is -0.497 e. The van der Waals surface area contributed by atoms with E-state index in [0.29, 0.717) is 17.1 Å². The topological polar surface area (TPSA) is 178 Å². The molecule has 4 rings (SSSR count). The highest BCUT2D eigenvalue weighted by atomic mass is 16.7. The van der Waals surface area contributed by atoms with E-state index in [1.165, 1.54) is 19.2 Å². The Kier molecular flexibility index (Phi) is 9.41. The number of methoxy groups -OCH3 is 1. The van der Waals surface area contributed by atoms with Crippen molar-refractivity contribution >= 4 is 11.9 Å². The van der Waals surface area contributed by atoms with Gasteiger partial charge in [-0.2, -0.15) is 0 Å². The van der Waals surface area contributed by atoms with Crippen LogP contribution in [0.3, 0.4) is 0 Å². The number of esters is 2. The van der Waals surface area contributed by atoms with E-state index in [4.69, 9.17) is 23.7 Å². The fourth-order valence-electron chi connectivity index (χ4n) is 4.03. The van der Waals surface area contributed by atoms with Gasteiger partial charge in [0.15, 0.2) is 0 Å². The maximum atomic E-state index is 13.0. The molecule has 0 unspecified atom stereocenters. The van der Waals surface area contributed by atoms with Crippen LogP contribution in [0.25, 0.3) is 20.9 Å². The van der Waals surface area contributed by atoms with Gasteiger partial charge in [0.05, 0.1) is 18.2 Å². The SMILES string of the molecule is COc1ccc(O[C@@H]2O[C@H](COC(=O)c3ccccc3)[C@@H](N=[N+]=[N-])[C@H](OC(=O)c3ccccc3)[C@@H]2N=[N+]=[N-])cc1. The molecule has 1 aliphatic rings. The zero-order chi connectivity index (χ0) is 28.3. The third-order valence-corrected chi connectivity index (χ3v) is 5.96. The Hall–Kier alpha value is -5.22. The normalized spacial score (nSPS) is 21.6. The minimum atomic E-state index is -1.34. The number of carbonyl (C=O) groups excluding carboxylic acids is 2. The maximum absolute atomic E-state index is 13.0. The lowest BCUT2D eigenvalue weighted by atomic mass is 9.95. The number of carbonyl (C=O) groups is 2. The van der Waals surface area contributed by atoms with Crippen LogP contribution in [0, 0.1) is 0 Å². The molecule has 0 radical (unpaired) electrons. The van der Waals surface area contributed by atoms with Crippen LogP contribution < -0.4 is 9.47 Å². The number of benzene rings is 3. The number of ether oxygens (including phenoxy) is 5. The summed E-state index contributed by atoms with van der Waals surface area (Å²) < 4.78 is 28.4. The molecule has 3 aromatic carbocycles. The first-order valence-corrected chi connectivity index (χ1v) is 12.1. The molecule has 0 amide bonds. The standard InChI is InChI=1S/C27H24N6O7/c1-36-19-12-14-20(15-13-19)38-27-23(31-33-29)24(40-26(35)18-10-6-3-7-11-18)22(30-32-28)21(39-27)16-37-25(34)17-8-4-2-5-9-17/h2-15,21-24,27H,16H2,1H3/t21-,22-,23+,24+,27-/m1/s1. The summed E-state index contributed by atoms with van der Waals surface area (Å²) in [6.07, 6.45) is -3.79. The molecule has 3 aromatic rings. The average molecular weight is 545 g/mol. The van der Waals surface area contributed by atoms with Crippen molar-refractivity contribution in [3.8, 4) is 11.5 Å². The molecule has 0 aromatic heterocycles. The Morgan fingerprint density at radius 2 is 1.35 bits per heavy atom. The third-order valence-electron chi connectivity index (χ3n) is 5.96. The fraction of sp³-hybridized carbons (Fsp3) is 0.259. The summed E-state index contributed by atoms with van der Waals surface area (Å²) in [5.41, 5.74) is 19.2. The highest BCUT2D eigenvalue weighted by Gasteiger charge is 2.49.